The summed E-state index contributed by atoms with van der Waals surface area (Å²) in [5, 5.41) is 19.1. The van der Waals surface area contributed by atoms with Crippen LogP contribution < -0.4 is 10.2 Å². The molecule has 194 valence electrons. The van der Waals surface area contributed by atoms with Crippen LogP contribution in [0.4, 0.5) is 11.8 Å². The van der Waals surface area contributed by atoms with Crippen molar-refractivity contribution in [3.8, 4) is 11.1 Å². The van der Waals surface area contributed by atoms with Gasteiger partial charge in [-0.25, -0.2) is 14.5 Å². The van der Waals surface area contributed by atoms with E-state index in [0.29, 0.717) is 18.5 Å². The van der Waals surface area contributed by atoms with Gasteiger partial charge in [-0.05, 0) is 82.1 Å². The Balaban J connectivity index is 1.53. The molecule has 2 aliphatic rings. The number of pyridine rings is 1. The third kappa shape index (κ3) is 5.20. The van der Waals surface area contributed by atoms with Crippen LogP contribution in [0.25, 0.3) is 16.6 Å². The Morgan fingerprint density at radius 1 is 1.17 bits per heavy atom. The maximum atomic E-state index is 10.8. The first-order chi connectivity index (χ1) is 17.5. The Morgan fingerprint density at radius 2 is 1.94 bits per heavy atom. The van der Waals surface area contributed by atoms with E-state index in [9.17, 15) is 5.11 Å². The van der Waals surface area contributed by atoms with Gasteiger partial charge in [0.15, 0.2) is 0 Å². The second-order valence-electron chi connectivity index (χ2n) is 10.7. The van der Waals surface area contributed by atoms with Crippen LogP contribution in [0.3, 0.4) is 0 Å². The predicted molar refractivity (Wildman–Crippen MR) is 144 cm³/mol. The van der Waals surface area contributed by atoms with Crippen molar-refractivity contribution in [2.75, 3.05) is 37.0 Å². The summed E-state index contributed by atoms with van der Waals surface area (Å²) in [5.41, 5.74) is 3.95. The predicted octanol–water partition coefficient (Wildman–Crippen LogP) is 5.03. The zero-order valence-electron chi connectivity index (χ0n) is 21.9. The number of fused-ring (bicyclic) bond motifs is 1. The molecule has 0 bridgehead atoms. The minimum absolute atomic E-state index is 0.104. The van der Waals surface area contributed by atoms with Gasteiger partial charge in [0.05, 0.1) is 23.9 Å². The number of aliphatic hydroxyl groups is 1. The van der Waals surface area contributed by atoms with Gasteiger partial charge >= 0.3 is 0 Å². The van der Waals surface area contributed by atoms with Gasteiger partial charge in [-0.3, -0.25) is 0 Å². The zero-order valence-corrected chi connectivity index (χ0v) is 21.9. The third-order valence-corrected chi connectivity index (χ3v) is 8.07. The third-order valence-electron chi connectivity index (χ3n) is 8.07. The van der Waals surface area contributed by atoms with Gasteiger partial charge in [0.25, 0.3) is 0 Å². The molecule has 1 saturated heterocycles. The fourth-order valence-corrected chi connectivity index (χ4v) is 5.80. The summed E-state index contributed by atoms with van der Waals surface area (Å²) in [6.07, 6.45) is 12.0. The summed E-state index contributed by atoms with van der Waals surface area (Å²) in [4.78, 5) is 11.7. The number of nitrogens with one attached hydrogen (secondary N) is 1. The summed E-state index contributed by atoms with van der Waals surface area (Å²) in [6.45, 7) is 6.86. The van der Waals surface area contributed by atoms with Crippen molar-refractivity contribution in [2.45, 2.75) is 82.8 Å². The molecule has 0 radical (unpaired) electrons. The van der Waals surface area contributed by atoms with Crippen molar-refractivity contribution < 1.29 is 9.84 Å². The summed E-state index contributed by atoms with van der Waals surface area (Å²) >= 11 is 0. The quantitative estimate of drug-likeness (QED) is 0.456. The SMILES string of the molecule is CCC1(O)CCC(c2cc(-c3ccnc(N4CCCCC4)c3)c3cnc(N[C@@H](C)COC)nn23)CC1. The molecule has 1 aliphatic carbocycles. The number of nitrogens with zero attached hydrogens (tertiary/aromatic N) is 5. The fourth-order valence-electron chi connectivity index (χ4n) is 5.80. The van der Waals surface area contributed by atoms with E-state index in [0.717, 1.165) is 67.7 Å². The van der Waals surface area contributed by atoms with Crippen LogP contribution in [0.15, 0.2) is 30.6 Å². The number of methoxy groups -OCH3 is 1. The van der Waals surface area contributed by atoms with E-state index in [1.54, 1.807) is 7.11 Å². The molecule has 2 fully saturated rings. The Hall–Kier alpha value is -2.71. The van der Waals surface area contributed by atoms with Crippen LogP contribution in [0.2, 0.25) is 0 Å². The van der Waals surface area contributed by atoms with Crippen molar-refractivity contribution in [3.05, 3.63) is 36.3 Å². The number of ether oxygens (including phenoxy) is 1. The molecular weight excluding hydrogens is 452 g/mol. The summed E-state index contributed by atoms with van der Waals surface area (Å²) in [7, 11) is 1.70. The number of hydrogen-bond acceptors (Lipinski definition) is 7. The van der Waals surface area contributed by atoms with Gasteiger partial charge in [0, 0.05) is 49.6 Å². The highest BCUT2D eigenvalue weighted by atomic mass is 16.5. The lowest BCUT2D eigenvalue weighted by Gasteiger charge is -2.35. The molecule has 3 aromatic heterocycles. The van der Waals surface area contributed by atoms with Gasteiger partial charge in [-0.15, -0.1) is 5.10 Å². The highest BCUT2D eigenvalue weighted by Crippen LogP contribution is 2.42. The van der Waals surface area contributed by atoms with Crippen molar-refractivity contribution in [1.82, 2.24) is 19.6 Å². The van der Waals surface area contributed by atoms with Crippen molar-refractivity contribution in [2.24, 2.45) is 0 Å². The van der Waals surface area contributed by atoms with E-state index in [-0.39, 0.29) is 6.04 Å². The summed E-state index contributed by atoms with van der Waals surface area (Å²) in [5.74, 6) is 1.99. The van der Waals surface area contributed by atoms with Gasteiger partial charge in [0.2, 0.25) is 5.95 Å². The van der Waals surface area contributed by atoms with Crippen LogP contribution in [-0.4, -0.2) is 63.1 Å². The van der Waals surface area contributed by atoms with Crippen molar-refractivity contribution in [3.63, 3.8) is 0 Å². The minimum Gasteiger partial charge on any atom is -0.390 e. The number of anilines is 2. The topological polar surface area (TPSA) is 87.8 Å². The average Bonchev–Trinajstić information content (AvgIpc) is 3.29. The van der Waals surface area contributed by atoms with Gasteiger partial charge in [-0.1, -0.05) is 6.92 Å². The first kappa shape index (κ1) is 25.0. The molecule has 1 saturated carbocycles. The molecule has 8 heteroatoms. The normalized spacial score (nSPS) is 23.7. The lowest BCUT2D eigenvalue weighted by Crippen LogP contribution is -2.32. The molecular formula is C28H40N6O2. The highest BCUT2D eigenvalue weighted by Gasteiger charge is 2.34. The first-order valence-corrected chi connectivity index (χ1v) is 13.6. The molecule has 2 N–H and O–H groups in total. The van der Waals surface area contributed by atoms with Gasteiger partial charge in [-0.2, -0.15) is 0 Å². The van der Waals surface area contributed by atoms with Crippen LogP contribution in [0.1, 0.15) is 76.8 Å². The zero-order chi connectivity index (χ0) is 25.1. The maximum absolute atomic E-state index is 10.8. The molecule has 5 rings (SSSR count). The van der Waals surface area contributed by atoms with E-state index < -0.39 is 5.60 Å². The van der Waals surface area contributed by atoms with Crippen LogP contribution in [-0.2, 0) is 4.74 Å². The van der Waals surface area contributed by atoms with Crippen LogP contribution in [0, 0.1) is 0 Å². The Bertz CT molecular complexity index is 1160. The number of piperidine rings is 1. The van der Waals surface area contributed by atoms with Crippen molar-refractivity contribution >= 4 is 17.3 Å². The van der Waals surface area contributed by atoms with E-state index in [4.69, 9.17) is 14.8 Å². The highest BCUT2D eigenvalue weighted by molar-refractivity contribution is 5.82. The smallest absolute Gasteiger partial charge is 0.241 e. The minimum atomic E-state index is -0.530. The molecule has 1 aliphatic heterocycles. The Kier molecular flexibility index (Phi) is 7.44. The largest absolute Gasteiger partial charge is 0.390 e. The van der Waals surface area contributed by atoms with Crippen LogP contribution >= 0.6 is 0 Å². The Labute approximate surface area is 214 Å². The molecule has 36 heavy (non-hydrogen) atoms. The first-order valence-electron chi connectivity index (χ1n) is 13.6. The summed E-state index contributed by atoms with van der Waals surface area (Å²) < 4.78 is 7.35. The monoisotopic (exact) mass is 492 g/mol. The van der Waals surface area contributed by atoms with E-state index in [1.165, 1.54) is 25.0 Å². The molecule has 0 unspecified atom stereocenters. The molecule has 1 atom stereocenters. The molecule has 0 amide bonds. The van der Waals surface area contributed by atoms with Crippen molar-refractivity contribution in [1.29, 1.82) is 0 Å². The Morgan fingerprint density at radius 3 is 2.67 bits per heavy atom. The summed E-state index contributed by atoms with van der Waals surface area (Å²) in [6, 6.07) is 6.71. The lowest BCUT2D eigenvalue weighted by molar-refractivity contribution is -0.00461. The lowest BCUT2D eigenvalue weighted by atomic mass is 9.76. The second-order valence-corrected chi connectivity index (χ2v) is 10.7. The molecule has 3 aromatic rings. The maximum Gasteiger partial charge on any atom is 0.241 e. The standard InChI is InChI=1S/C28H40N6O2/c1-4-28(35)11-8-21(9-12-28)24-17-23(22-10-13-29-26(16-22)33-14-6-5-7-15-33)25-18-30-27(32-34(24)25)31-20(2)19-36-3/h10,13,16-18,20-21,35H,4-9,11-12,14-15,19H2,1-3H3,(H,31,32)/t20-,21?,28?/m0/s1. The number of rotatable bonds is 8. The fraction of sp³-hybridized carbons (Fsp3) is 0.607. The van der Waals surface area contributed by atoms with E-state index in [1.807, 2.05) is 12.4 Å². The molecule has 0 spiro atoms. The van der Waals surface area contributed by atoms with Gasteiger partial charge < -0.3 is 20.1 Å². The second kappa shape index (κ2) is 10.7. The van der Waals surface area contributed by atoms with Gasteiger partial charge in [0.1, 0.15) is 5.82 Å². The number of hydrogen-bond donors (Lipinski definition) is 2. The molecule has 4 heterocycles. The average molecular weight is 493 g/mol. The van der Waals surface area contributed by atoms with E-state index >= 15 is 0 Å². The van der Waals surface area contributed by atoms with Crippen LogP contribution in [0.5, 0.6) is 0 Å². The van der Waals surface area contributed by atoms with E-state index in [2.05, 4.69) is 51.8 Å². The molecule has 0 aromatic carbocycles. The molecule has 8 nitrogen and oxygen atoms in total. The number of aromatic nitrogens is 4.